The van der Waals surface area contributed by atoms with Gasteiger partial charge >= 0.3 is 0 Å². The molecule has 0 fully saturated rings. The van der Waals surface area contributed by atoms with Crippen molar-refractivity contribution in [1.29, 1.82) is 0 Å². The SMILES string of the molecule is O=C(Nc1cccc(F)n1)c1cc(Br)cnc1Cl. The van der Waals surface area contributed by atoms with Crippen molar-refractivity contribution in [3.8, 4) is 0 Å². The molecular formula is C11H6BrClFN3O. The Morgan fingerprint density at radius 3 is 2.94 bits per heavy atom. The summed E-state index contributed by atoms with van der Waals surface area (Å²) in [5.74, 6) is -1.07. The van der Waals surface area contributed by atoms with Gasteiger partial charge in [0.15, 0.2) is 0 Å². The number of pyridine rings is 2. The van der Waals surface area contributed by atoms with Crippen molar-refractivity contribution in [2.45, 2.75) is 0 Å². The number of carbonyl (C=O) groups is 1. The highest BCUT2D eigenvalue weighted by Gasteiger charge is 2.13. The summed E-state index contributed by atoms with van der Waals surface area (Å²) in [7, 11) is 0. The first-order valence-electron chi connectivity index (χ1n) is 4.81. The van der Waals surface area contributed by atoms with Crippen LogP contribution in [0.2, 0.25) is 5.15 Å². The van der Waals surface area contributed by atoms with Crippen LogP contribution in [0.25, 0.3) is 0 Å². The number of halogens is 3. The first-order valence-corrected chi connectivity index (χ1v) is 5.98. The van der Waals surface area contributed by atoms with Crippen LogP contribution in [0.1, 0.15) is 10.4 Å². The second kappa shape index (κ2) is 5.41. The van der Waals surface area contributed by atoms with E-state index in [0.717, 1.165) is 0 Å². The van der Waals surface area contributed by atoms with E-state index in [1.807, 2.05) is 0 Å². The Morgan fingerprint density at radius 2 is 2.22 bits per heavy atom. The van der Waals surface area contributed by atoms with Crippen LogP contribution in [0.4, 0.5) is 10.2 Å². The number of carbonyl (C=O) groups excluding carboxylic acids is 1. The van der Waals surface area contributed by atoms with Crippen LogP contribution in [0, 0.1) is 5.95 Å². The standard InChI is InChI=1S/C11H6BrClFN3O/c12-6-4-7(10(13)15-5-6)11(18)17-9-3-1-2-8(14)16-9/h1-5H,(H,16,17,18). The first-order chi connectivity index (χ1) is 8.56. The van der Waals surface area contributed by atoms with Crippen molar-refractivity contribution in [2.24, 2.45) is 0 Å². The third-order valence-corrected chi connectivity index (χ3v) is 2.74. The molecule has 2 heterocycles. The molecule has 1 amide bonds. The van der Waals surface area contributed by atoms with Crippen molar-refractivity contribution in [3.05, 3.63) is 51.6 Å². The maximum Gasteiger partial charge on any atom is 0.259 e. The van der Waals surface area contributed by atoms with Crippen molar-refractivity contribution in [1.82, 2.24) is 9.97 Å². The van der Waals surface area contributed by atoms with Crippen LogP contribution in [0.3, 0.4) is 0 Å². The Balaban J connectivity index is 2.24. The molecule has 0 aliphatic rings. The summed E-state index contributed by atoms with van der Waals surface area (Å²) < 4.78 is 13.5. The van der Waals surface area contributed by atoms with Crippen molar-refractivity contribution in [3.63, 3.8) is 0 Å². The summed E-state index contributed by atoms with van der Waals surface area (Å²) in [6, 6.07) is 5.62. The van der Waals surface area contributed by atoms with Gasteiger partial charge in [0.25, 0.3) is 5.91 Å². The number of rotatable bonds is 2. The second-order valence-corrected chi connectivity index (χ2v) is 4.57. The lowest BCUT2D eigenvalue weighted by molar-refractivity contribution is 0.102. The molecule has 0 atom stereocenters. The molecule has 0 aromatic carbocycles. The summed E-state index contributed by atoms with van der Waals surface area (Å²) in [6.07, 6.45) is 1.47. The molecule has 7 heteroatoms. The van der Waals surface area contributed by atoms with E-state index in [1.165, 1.54) is 30.5 Å². The van der Waals surface area contributed by atoms with Crippen LogP contribution >= 0.6 is 27.5 Å². The molecule has 0 spiro atoms. The zero-order chi connectivity index (χ0) is 13.1. The van der Waals surface area contributed by atoms with E-state index in [1.54, 1.807) is 0 Å². The number of anilines is 1. The third kappa shape index (κ3) is 3.02. The van der Waals surface area contributed by atoms with E-state index in [-0.39, 0.29) is 16.5 Å². The van der Waals surface area contributed by atoms with Gasteiger partial charge in [0.05, 0.1) is 5.56 Å². The van der Waals surface area contributed by atoms with E-state index in [0.29, 0.717) is 4.47 Å². The van der Waals surface area contributed by atoms with Gasteiger partial charge in [0.2, 0.25) is 5.95 Å². The molecule has 2 aromatic heterocycles. The molecule has 2 aromatic rings. The molecule has 0 saturated heterocycles. The maximum atomic E-state index is 12.9. The number of hydrogen-bond donors (Lipinski definition) is 1. The average Bonchev–Trinajstić information content (AvgIpc) is 2.32. The molecule has 1 N–H and O–H groups in total. The Labute approximate surface area is 115 Å². The maximum absolute atomic E-state index is 12.9. The van der Waals surface area contributed by atoms with Gasteiger partial charge in [-0.05, 0) is 34.1 Å². The van der Waals surface area contributed by atoms with Crippen molar-refractivity contribution < 1.29 is 9.18 Å². The largest absolute Gasteiger partial charge is 0.306 e. The predicted octanol–water partition coefficient (Wildman–Crippen LogP) is 3.28. The van der Waals surface area contributed by atoms with E-state index < -0.39 is 11.9 Å². The van der Waals surface area contributed by atoms with Gasteiger partial charge in [-0.3, -0.25) is 4.79 Å². The van der Waals surface area contributed by atoms with Gasteiger partial charge < -0.3 is 5.32 Å². The van der Waals surface area contributed by atoms with E-state index in [4.69, 9.17) is 11.6 Å². The highest BCUT2D eigenvalue weighted by Crippen LogP contribution is 2.19. The summed E-state index contributed by atoms with van der Waals surface area (Å²) in [5.41, 5.74) is 0.178. The molecule has 0 unspecified atom stereocenters. The van der Waals surface area contributed by atoms with Gasteiger partial charge in [-0.25, -0.2) is 9.97 Å². The molecule has 92 valence electrons. The lowest BCUT2D eigenvalue weighted by Crippen LogP contribution is -2.14. The number of amides is 1. The smallest absolute Gasteiger partial charge is 0.259 e. The Bertz CT molecular complexity index is 609. The minimum atomic E-state index is -0.675. The monoisotopic (exact) mass is 329 g/mol. The summed E-state index contributed by atoms with van der Waals surface area (Å²) in [6.45, 7) is 0. The fraction of sp³-hybridized carbons (Fsp3) is 0. The summed E-state index contributed by atoms with van der Waals surface area (Å²) in [4.78, 5) is 19.2. The fourth-order valence-electron chi connectivity index (χ4n) is 1.24. The van der Waals surface area contributed by atoms with Crippen molar-refractivity contribution >= 4 is 39.3 Å². The molecule has 2 rings (SSSR count). The van der Waals surface area contributed by atoms with Gasteiger partial charge in [0, 0.05) is 10.7 Å². The van der Waals surface area contributed by atoms with E-state index >= 15 is 0 Å². The predicted molar refractivity (Wildman–Crippen MR) is 69.1 cm³/mol. The Morgan fingerprint density at radius 1 is 1.44 bits per heavy atom. The molecule has 0 bridgehead atoms. The number of nitrogens with one attached hydrogen (secondary N) is 1. The average molecular weight is 331 g/mol. The van der Waals surface area contributed by atoms with Gasteiger partial charge in [-0.2, -0.15) is 4.39 Å². The highest BCUT2D eigenvalue weighted by molar-refractivity contribution is 9.10. The fourth-order valence-corrected chi connectivity index (χ4v) is 1.76. The van der Waals surface area contributed by atoms with Crippen LogP contribution in [-0.4, -0.2) is 15.9 Å². The Hall–Kier alpha value is -1.53. The topological polar surface area (TPSA) is 54.9 Å². The lowest BCUT2D eigenvalue weighted by atomic mass is 10.2. The summed E-state index contributed by atoms with van der Waals surface area (Å²) >= 11 is 8.99. The number of nitrogens with zero attached hydrogens (tertiary/aromatic N) is 2. The quantitative estimate of drug-likeness (QED) is 0.860. The minimum absolute atomic E-state index is 0.0621. The lowest BCUT2D eigenvalue weighted by Gasteiger charge is -2.05. The minimum Gasteiger partial charge on any atom is -0.306 e. The number of aromatic nitrogens is 2. The van der Waals surface area contributed by atoms with E-state index in [9.17, 15) is 9.18 Å². The molecular weight excluding hydrogens is 324 g/mol. The normalized spacial score (nSPS) is 10.2. The summed E-state index contributed by atoms with van der Waals surface area (Å²) in [5, 5.41) is 2.49. The highest BCUT2D eigenvalue weighted by atomic mass is 79.9. The molecule has 0 radical (unpaired) electrons. The number of hydrogen-bond acceptors (Lipinski definition) is 3. The van der Waals surface area contributed by atoms with Crippen LogP contribution in [0.15, 0.2) is 34.9 Å². The molecule has 18 heavy (non-hydrogen) atoms. The molecule has 4 nitrogen and oxygen atoms in total. The van der Waals surface area contributed by atoms with Gasteiger partial charge in [-0.15, -0.1) is 0 Å². The zero-order valence-corrected chi connectivity index (χ0v) is 11.2. The molecule has 0 saturated carbocycles. The van der Waals surface area contributed by atoms with Crippen LogP contribution < -0.4 is 5.32 Å². The molecule has 0 aliphatic heterocycles. The van der Waals surface area contributed by atoms with Crippen LogP contribution in [-0.2, 0) is 0 Å². The van der Waals surface area contributed by atoms with E-state index in [2.05, 4.69) is 31.2 Å². The second-order valence-electron chi connectivity index (χ2n) is 3.29. The first kappa shape index (κ1) is 12.9. The Kier molecular flexibility index (Phi) is 3.88. The van der Waals surface area contributed by atoms with Crippen molar-refractivity contribution in [2.75, 3.05) is 5.32 Å². The van der Waals surface area contributed by atoms with Gasteiger partial charge in [-0.1, -0.05) is 17.7 Å². The third-order valence-electron chi connectivity index (χ3n) is 2.01. The van der Waals surface area contributed by atoms with Gasteiger partial charge in [0.1, 0.15) is 11.0 Å². The zero-order valence-electron chi connectivity index (χ0n) is 8.82. The molecule has 0 aliphatic carbocycles. The van der Waals surface area contributed by atoms with Crippen LogP contribution in [0.5, 0.6) is 0 Å².